The lowest BCUT2D eigenvalue weighted by atomic mass is 10.00. The molecule has 3 rings (SSSR count). The highest BCUT2D eigenvalue weighted by Gasteiger charge is 2.36. The molecule has 0 radical (unpaired) electrons. The number of rotatable bonds is 8. The zero-order valence-electron chi connectivity index (χ0n) is 20.8. The Morgan fingerprint density at radius 3 is 2.51 bits per heavy atom. The Morgan fingerprint density at radius 2 is 1.89 bits per heavy atom. The average molecular weight is 581 g/mol. The highest BCUT2D eigenvalue weighted by Crippen LogP contribution is 2.37. The third-order valence-electron chi connectivity index (χ3n) is 6.45. The molecule has 1 heterocycles. The molecule has 1 aliphatic rings. The Hall–Kier alpha value is -1.85. The molecule has 204 valence electrons. The van der Waals surface area contributed by atoms with Gasteiger partial charge in [-0.3, -0.25) is 9.69 Å². The van der Waals surface area contributed by atoms with Crippen LogP contribution in [0.1, 0.15) is 53.7 Å². The molecule has 0 spiro atoms. The van der Waals surface area contributed by atoms with E-state index in [-0.39, 0.29) is 50.8 Å². The van der Waals surface area contributed by atoms with E-state index in [4.69, 9.17) is 23.2 Å². The fraction of sp³-hybridized carbons (Fsp3) is 0.480. The van der Waals surface area contributed by atoms with Gasteiger partial charge in [0.15, 0.2) is 9.84 Å². The van der Waals surface area contributed by atoms with Gasteiger partial charge in [-0.1, -0.05) is 23.2 Å². The molecule has 1 atom stereocenters. The summed E-state index contributed by atoms with van der Waals surface area (Å²) in [5, 5.41) is 5.06. The Bertz CT molecular complexity index is 1250. The van der Waals surface area contributed by atoms with Crippen molar-refractivity contribution in [2.24, 2.45) is 0 Å². The minimum Gasteiger partial charge on any atom is -0.348 e. The number of likely N-dealkylation sites (tertiary alicyclic amines) is 1. The summed E-state index contributed by atoms with van der Waals surface area (Å²) in [5.74, 6) is -0.819. The summed E-state index contributed by atoms with van der Waals surface area (Å²) in [5.41, 5.74) is -1.09. The van der Waals surface area contributed by atoms with Gasteiger partial charge in [0.25, 0.3) is 5.91 Å². The number of carbonyl (C=O) groups is 1. The summed E-state index contributed by atoms with van der Waals surface area (Å²) in [6, 6.07) is 6.38. The highest BCUT2D eigenvalue weighted by molar-refractivity contribution is 7.92. The van der Waals surface area contributed by atoms with Crippen LogP contribution in [0.3, 0.4) is 0 Å². The molecule has 2 aromatic rings. The van der Waals surface area contributed by atoms with Gasteiger partial charge < -0.3 is 10.6 Å². The largest absolute Gasteiger partial charge is 0.416 e. The molecule has 0 unspecified atom stereocenters. The second-order valence-corrected chi connectivity index (χ2v) is 12.7. The molecule has 0 saturated carbocycles. The van der Waals surface area contributed by atoms with Gasteiger partial charge in [0.2, 0.25) is 0 Å². The number of amides is 1. The fourth-order valence-corrected chi connectivity index (χ4v) is 6.07. The van der Waals surface area contributed by atoms with Gasteiger partial charge in [0.05, 0.1) is 15.7 Å². The summed E-state index contributed by atoms with van der Waals surface area (Å²) in [6.45, 7) is 4.05. The van der Waals surface area contributed by atoms with Crippen LogP contribution in [0.5, 0.6) is 0 Å². The van der Waals surface area contributed by atoms with Gasteiger partial charge >= 0.3 is 6.18 Å². The van der Waals surface area contributed by atoms with Crippen molar-refractivity contribution in [1.82, 2.24) is 15.5 Å². The molecule has 2 N–H and O–H groups in total. The smallest absolute Gasteiger partial charge is 0.348 e. The number of alkyl halides is 3. The molecule has 12 heteroatoms. The van der Waals surface area contributed by atoms with Gasteiger partial charge in [-0.15, -0.1) is 0 Å². The number of nitrogens with one attached hydrogen (secondary N) is 2. The Balaban J connectivity index is 1.87. The quantitative estimate of drug-likeness (QED) is 0.443. The maximum Gasteiger partial charge on any atom is 0.416 e. The lowest BCUT2D eigenvalue weighted by Crippen LogP contribution is -2.44. The normalized spacial score (nSPS) is 17.3. The number of benzene rings is 2. The lowest BCUT2D eigenvalue weighted by Gasteiger charge is -2.33. The molecule has 0 aromatic heterocycles. The van der Waals surface area contributed by atoms with Crippen LogP contribution in [0.25, 0.3) is 0 Å². The van der Waals surface area contributed by atoms with Crippen LogP contribution in [0.2, 0.25) is 10.0 Å². The van der Waals surface area contributed by atoms with Crippen LogP contribution in [0.15, 0.2) is 35.2 Å². The fourth-order valence-electron chi connectivity index (χ4n) is 4.33. The van der Waals surface area contributed by atoms with Gasteiger partial charge in [-0.05, 0) is 81.7 Å². The first kappa shape index (κ1) is 29.7. The van der Waals surface area contributed by atoms with Gasteiger partial charge in [0.1, 0.15) is 0 Å². The van der Waals surface area contributed by atoms with Crippen LogP contribution < -0.4 is 10.6 Å². The highest BCUT2D eigenvalue weighted by atomic mass is 35.5. The molecule has 1 aliphatic heterocycles. The standard InChI is InChI=1S/C25H30Cl2F3N3O3S/c1-15(2)37(35,36)23-7-6-18(26)9-17(23)12-32-24(34)16-10-21(25(28,29)30)20(22(27)11-16)14-33-8-4-5-19(13-33)31-3/h6-7,9-11,15,19,31H,4-5,8,12-14H2,1-3H3,(H,32,34)/t19-/m0/s1. The van der Waals surface area contributed by atoms with E-state index in [1.165, 1.54) is 38.1 Å². The number of likely N-dealkylation sites (N-methyl/N-ethyl adjacent to an activating group) is 1. The van der Waals surface area contributed by atoms with Crippen molar-refractivity contribution >= 4 is 38.9 Å². The monoisotopic (exact) mass is 579 g/mol. The van der Waals surface area contributed by atoms with Crippen LogP contribution >= 0.6 is 23.2 Å². The van der Waals surface area contributed by atoms with Crippen LogP contribution in [-0.4, -0.2) is 50.7 Å². The molecule has 1 saturated heterocycles. The average Bonchev–Trinajstić information content (AvgIpc) is 2.82. The number of carbonyl (C=O) groups excluding carboxylic acids is 1. The summed E-state index contributed by atoms with van der Waals surface area (Å²) in [6.07, 6.45) is -2.93. The van der Waals surface area contributed by atoms with E-state index in [1.54, 1.807) is 0 Å². The van der Waals surface area contributed by atoms with Crippen molar-refractivity contribution in [2.45, 2.75) is 62.1 Å². The van der Waals surface area contributed by atoms with Crippen molar-refractivity contribution in [3.05, 3.63) is 62.6 Å². The van der Waals surface area contributed by atoms with E-state index in [1.807, 2.05) is 11.9 Å². The van der Waals surface area contributed by atoms with E-state index >= 15 is 0 Å². The second kappa shape index (κ2) is 11.9. The first-order valence-corrected chi connectivity index (χ1v) is 14.1. The van der Waals surface area contributed by atoms with Crippen LogP contribution in [0, 0.1) is 0 Å². The third-order valence-corrected chi connectivity index (χ3v) is 9.27. The molecular weight excluding hydrogens is 550 g/mol. The third kappa shape index (κ3) is 7.17. The molecule has 1 fully saturated rings. The molecule has 1 amide bonds. The first-order valence-electron chi connectivity index (χ1n) is 11.8. The van der Waals surface area contributed by atoms with Gasteiger partial charge in [-0.25, -0.2) is 8.42 Å². The summed E-state index contributed by atoms with van der Waals surface area (Å²) < 4.78 is 67.5. The molecule has 2 aromatic carbocycles. The van der Waals surface area contributed by atoms with Gasteiger partial charge in [0, 0.05) is 41.3 Å². The first-order chi connectivity index (χ1) is 17.2. The van der Waals surface area contributed by atoms with E-state index in [0.29, 0.717) is 13.1 Å². The zero-order valence-corrected chi connectivity index (χ0v) is 23.1. The summed E-state index contributed by atoms with van der Waals surface area (Å²) in [4.78, 5) is 14.8. The Labute approximate surface area is 225 Å². The van der Waals surface area contributed by atoms with Crippen molar-refractivity contribution in [3.8, 4) is 0 Å². The van der Waals surface area contributed by atoms with Crippen molar-refractivity contribution < 1.29 is 26.4 Å². The predicted octanol–water partition coefficient (Wildman–Crippen LogP) is 5.31. The van der Waals surface area contributed by atoms with Gasteiger partial charge in [-0.2, -0.15) is 13.2 Å². The minimum atomic E-state index is -4.72. The number of hydrogen-bond acceptors (Lipinski definition) is 5. The topological polar surface area (TPSA) is 78.5 Å². The van der Waals surface area contributed by atoms with E-state index in [2.05, 4.69) is 10.6 Å². The molecule has 0 bridgehead atoms. The Kier molecular flexibility index (Phi) is 9.56. The maximum atomic E-state index is 14.0. The number of sulfone groups is 1. The lowest BCUT2D eigenvalue weighted by molar-refractivity contribution is -0.138. The molecule has 37 heavy (non-hydrogen) atoms. The Morgan fingerprint density at radius 1 is 1.19 bits per heavy atom. The molecular formula is C25H30Cl2F3N3O3S. The van der Waals surface area contributed by atoms with Crippen LogP contribution in [-0.2, 0) is 29.1 Å². The molecule has 0 aliphatic carbocycles. The van der Waals surface area contributed by atoms with Crippen molar-refractivity contribution in [1.29, 1.82) is 0 Å². The summed E-state index contributed by atoms with van der Waals surface area (Å²) in [7, 11) is -1.86. The maximum absolute atomic E-state index is 14.0. The summed E-state index contributed by atoms with van der Waals surface area (Å²) >= 11 is 12.3. The second-order valence-electron chi connectivity index (χ2n) is 9.37. The molecule has 6 nitrogen and oxygen atoms in total. The number of piperidine rings is 1. The minimum absolute atomic E-state index is 0.00188. The van der Waals surface area contributed by atoms with Crippen molar-refractivity contribution in [3.63, 3.8) is 0 Å². The number of halogens is 5. The number of nitrogens with zero attached hydrogens (tertiary/aromatic N) is 1. The number of hydrogen-bond donors (Lipinski definition) is 2. The van der Waals surface area contributed by atoms with E-state index in [9.17, 15) is 26.4 Å². The SMILES string of the molecule is CN[C@H]1CCCN(Cc2c(Cl)cc(C(=O)NCc3cc(Cl)ccc3S(=O)(=O)C(C)C)cc2C(F)(F)F)C1. The van der Waals surface area contributed by atoms with E-state index in [0.717, 1.165) is 18.9 Å². The van der Waals surface area contributed by atoms with E-state index < -0.39 is 32.7 Å². The van der Waals surface area contributed by atoms with Crippen LogP contribution in [0.4, 0.5) is 13.2 Å². The zero-order chi connectivity index (χ0) is 27.5. The van der Waals surface area contributed by atoms with Crippen molar-refractivity contribution in [2.75, 3.05) is 20.1 Å². The predicted molar refractivity (Wildman–Crippen MR) is 139 cm³/mol.